The maximum atomic E-state index is 5.42. The van der Waals surface area contributed by atoms with E-state index in [4.69, 9.17) is 5.73 Å². The van der Waals surface area contributed by atoms with Crippen LogP contribution < -0.4 is 5.73 Å². The van der Waals surface area contributed by atoms with Crippen LogP contribution in [0.15, 0.2) is 0 Å². The van der Waals surface area contributed by atoms with Gasteiger partial charge in [-0.2, -0.15) is 5.10 Å². The van der Waals surface area contributed by atoms with Crippen molar-refractivity contribution in [2.45, 2.75) is 32.6 Å². The van der Waals surface area contributed by atoms with Crippen LogP contribution in [-0.4, -0.2) is 21.3 Å². The normalized spacial score (nSPS) is 11.2. The lowest BCUT2D eigenvalue weighted by molar-refractivity contribution is 0.650. The van der Waals surface area contributed by atoms with Gasteiger partial charge in [0.15, 0.2) is 5.82 Å². The van der Waals surface area contributed by atoms with E-state index in [0.717, 1.165) is 24.5 Å². The van der Waals surface area contributed by atoms with Gasteiger partial charge in [-0.15, -0.1) is 0 Å². The Morgan fingerprint density at radius 2 is 2.15 bits per heavy atom. The van der Waals surface area contributed by atoms with Gasteiger partial charge in [0.05, 0.1) is 0 Å². The van der Waals surface area contributed by atoms with E-state index >= 15 is 0 Å². The maximum absolute atomic E-state index is 5.42. The molecule has 0 aromatic carbocycles. The smallest absolute Gasteiger partial charge is 0.151 e. The molecular weight excluding hydrogens is 164 g/mol. The lowest BCUT2D eigenvalue weighted by Gasteiger charge is -2.00. The zero-order valence-corrected chi connectivity index (χ0v) is 8.62. The molecule has 0 aliphatic heterocycles. The summed E-state index contributed by atoms with van der Waals surface area (Å²) in [6, 6.07) is 0. The molecule has 1 rings (SSSR count). The fraction of sp³-hybridized carbons (Fsp3) is 0.778. The van der Waals surface area contributed by atoms with E-state index in [-0.39, 0.29) is 0 Å². The Labute approximate surface area is 79.2 Å². The second-order valence-corrected chi connectivity index (χ2v) is 3.56. The molecule has 4 heteroatoms. The largest absolute Gasteiger partial charge is 0.330 e. The van der Waals surface area contributed by atoms with Gasteiger partial charge in [-0.1, -0.05) is 13.8 Å². The predicted octanol–water partition coefficient (Wildman–Crippen LogP) is 0.830. The standard InChI is InChI=1S/C9H18N4/c1-7(2)9-11-8(5-4-6-10)12-13(9)3/h7H,4-6,10H2,1-3H3. The number of hydrogen-bond donors (Lipinski definition) is 1. The van der Waals surface area contributed by atoms with E-state index in [2.05, 4.69) is 23.9 Å². The summed E-state index contributed by atoms with van der Waals surface area (Å²) in [5, 5.41) is 4.32. The molecule has 0 radical (unpaired) electrons. The van der Waals surface area contributed by atoms with Crippen LogP contribution in [0.5, 0.6) is 0 Å². The van der Waals surface area contributed by atoms with Crippen LogP contribution in [0.1, 0.15) is 37.8 Å². The van der Waals surface area contributed by atoms with Crippen LogP contribution in [0.2, 0.25) is 0 Å². The third-order valence-electron chi connectivity index (χ3n) is 1.96. The summed E-state index contributed by atoms with van der Waals surface area (Å²) >= 11 is 0. The van der Waals surface area contributed by atoms with Crippen LogP contribution in [0.4, 0.5) is 0 Å². The second-order valence-electron chi connectivity index (χ2n) is 3.56. The molecule has 4 nitrogen and oxygen atoms in total. The van der Waals surface area contributed by atoms with Gasteiger partial charge in [0, 0.05) is 19.4 Å². The van der Waals surface area contributed by atoms with Gasteiger partial charge in [0.25, 0.3) is 0 Å². The third-order valence-corrected chi connectivity index (χ3v) is 1.96. The van der Waals surface area contributed by atoms with Gasteiger partial charge >= 0.3 is 0 Å². The molecule has 0 atom stereocenters. The van der Waals surface area contributed by atoms with Crippen molar-refractivity contribution in [1.29, 1.82) is 0 Å². The van der Waals surface area contributed by atoms with Crippen LogP contribution in [-0.2, 0) is 13.5 Å². The van der Waals surface area contributed by atoms with Gasteiger partial charge in [-0.25, -0.2) is 4.98 Å². The molecule has 1 aromatic rings. The SMILES string of the molecule is CC(C)c1nc(CCCN)nn1C. The summed E-state index contributed by atoms with van der Waals surface area (Å²) in [5.41, 5.74) is 5.42. The van der Waals surface area contributed by atoms with Gasteiger partial charge in [0.1, 0.15) is 5.82 Å². The van der Waals surface area contributed by atoms with Crippen molar-refractivity contribution >= 4 is 0 Å². The number of aryl methyl sites for hydroxylation is 2. The van der Waals surface area contributed by atoms with E-state index < -0.39 is 0 Å². The number of nitrogens with zero attached hydrogens (tertiary/aromatic N) is 3. The van der Waals surface area contributed by atoms with Crippen molar-refractivity contribution in [2.24, 2.45) is 12.8 Å². The van der Waals surface area contributed by atoms with Gasteiger partial charge in [-0.05, 0) is 13.0 Å². The molecule has 0 bridgehead atoms. The lowest BCUT2D eigenvalue weighted by Crippen LogP contribution is -2.01. The molecule has 1 heterocycles. The molecule has 0 spiro atoms. The summed E-state index contributed by atoms with van der Waals surface area (Å²) in [5.74, 6) is 2.40. The minimum absolute atomic E-state index is 0.434. The first-order valence-electron chi connectivity index (χ1n) is 4.75. The Kier molecular flexibility index (Phi) is 3.42. The van der Waals surface area contributed by atoms with Crippen LogP contribution in [0.3, 0.4) is 0 Å². The quantitative estimate of drug-likeness (QED) is 0.750. The van der Waals surface area contributed by atoms with E-state index in [1.54, 1.807) is 0 Å². The summed E-state index contributed by atoms with van der Waals surface area (Å²) in [6.45, 7) is 4.95. The molecule has 0 aliphatic carbocycles. The first kappa shape index (κ1) is 10.2. The summed E-state index contributed by atoms with van der Waals surface area (Å²) in [4.78, 5) is 4.44. The predicted molar refractivity (Wildman–Crippen MR) is 52.5 cm³/mol. The number of hydrogen-bond acceptors (Lipinski definition) is 3. The van der Waals surface area contributed by atoms with Crippen LogP contribution >= 0.6 is 0 Å². The fourth-order valence-corrected chi connectivity index (χ4v) is 1.32. The maximum Gasteiger partial charge on any atom is 0.151 e. The third kappa shape index (κ3) is 2.52. The van der Waals surface area contributed by atoms with Gasteiger partial charge < -0.3 is 5.73 Å². The highest BCUT2D eigenvalue weighted by Gasteiger charge is 2.09. The zero-order valence-electron chi connectivity index (χ0n) is 8.62. The topological polar surface area (TPSA) is 56.7 Å². The molecule has 0 fully saturated rings. The molecule has 0 saturated heterocycles. The summed E-state index contributed by atoms with van der Waals surface area (Å²) < 4.78 is 1.86. The average Bonchev–Trinajstić information content (AvgIpc) is 2.43. The number of aromatic nitrogens is 3. The lowest BCUT2D eigenvalue weighted by atomic mass is 10.2. The Balaban J connectivity index is 2.71. The Morgan fingerprint density at radius 1 is 1.46 bits per heavy atom. The number of rotatable bonds is 4. The van der Waals surface area contributed by atoms with E-state index in [0.29, 0.717) is 12.5 Å². The fourth-order valence-electron chi connectivity index (χ4n) is 1.32. The highest BCUT2D eigenvalue weighted by molar-refractivity contribution is 4.97. The monoisotopic (exact) mass is 182 g/mol. The summed E-state index contributed by atoms with van der Waals surface area (Å²) in [7, 11) is 1.94. The van der Waals surface area contributed by atoms with E-state index in [1.807, 2.05) is 11.7 Å². The van der Waals surface area contributed by atoms with E-state index in [9.17, 15) is 0 Å². The molecule has 0 amide bonds. The average molecular weight is 182 g/mol. The zero-order chi connectivity index (χ0) is 9.84. The highest BCUT2D eigenvalue weighted by Crippen LogP contribution is 2.10. The first-order valence-corrected chi connectivity index (χ1v) is 4.75. The molecular formula is C9H18N4. The minimum Gasteiger partial charge on any atom is -0.330 e. The molecule has 74 valence electrons. The van der Waals surface area contributed by atoms with Crippen molar-refractivity contribution in [2.75, 3.05) is 6.54 Å². The van der Waals surface area contributed by atoms with Gasteiger partial charge in [0.2, 0.25) is 0 Å². The molecule has 13 heavy (non-hydrogen) atoms. The molecule has 0 saturated carbocycles. The van der Waals surface area contributed by atoms with Gasteiger partial charge in [-0.3, -0.25) is 4.68 Å². The Morgan fingerprint density at radius 3 is 2.62 bits per heavy atom. The molecule has 0 aliphatic rings. The van der Waals surface area contributed by atoms with Crippen LogP contribution in [0.25, 0.3) is 0 Å². The highest BCUT2D eigenvalue weighted by atomic mass is 15.3. The minimum atomic E-state index is 0.434. The van der Waals surface area contributed by atoms with Crippen molar-refractivity contribution in [1.82, 2.24) is 14.8 Å². The Hall–Kier alpha value is -0.900. The molecule has 2 N–H and O–H groups in total. The molecule has 0 unspecified atom stereocenters. The first-order chi connectivity index (χ1) is 6.15. The second kappa shape index (κ2) is 4.37. The van der Waals surface area contributed by atoms with Crippen molar-refractivity contribution in [3.8, 4) is 0 Å². The van der Waals surface area contributed by atoms with Crippen molar-refractivity contribution in [3.63, 3.8) is 0 Å². The van der Waals surface area contributed by atoms with Crippen LogP contribution in [0, 0.1) is 0 Å². The van der Waals surface area contributed by atoms with E-state index in [1.165, 1.54) is 0 Å². The Bertz CT molecular complexity index is 265. The number of nitrogens with two attached hydrogens (primary N) is 1. The summed E-state index contributed by atoms with van der Waals surface area (Å²) in [6.07, 6.45) is 1.85. The van der Waals surface area contributed by atoms with Crippen molar-refractivity contribution in [3.05, 3.63) is 11.6 Å². The van der Waals surface area contributed by atoms with Crippen molar-refractivity contribution < 1.29 is 0 Å². The molecule has 1 aromatic heterocycles.